The summed E-state index contributed by atoms with van der Waals surface area (Å²) in [5.74, 6) is -1.90. The Morgan fingerprint density at radius 3 is 2.12 bits per heavy atom. The Bertz CT molecular complexity index is 1190. The Morgan fingerprint density at radius 1 is 0.941 bits per heavy atom. The summed E-state index contributed by atoms with van der Waals surface area (Å²) in [4.78, 5) is 22.0. The summed E-state index contributed by atoms with van der Waals surface area (Å²) in [6.45, 7) is 0. The number of carboxylic acid groups (broad SMARTS) is 2. The van der Waals surface area contributed by atoms with E-state index in [0.29, 0.717) is 11.3 Å². The number of methoxy groups -OCH3 is 4. The van der Waals surface area contributed by atoms with Gasteiger partial charge in [0.05, 0.1) is 40.9 Å². The number of benzene rings is 2. The van der Waals surface area contributed by atoms with Crippen LogP contribution in [0.15, 0.2) is 41.3 Å². The van der Waals surface area contributed by atoms with E-state index in [-0.39, 0.29) is 27.7 Å². The van der Waals surface area contributed by atoms with Crippen molar-refractivity contribution in [2.24, 2.45) is 0 Å². The number of ether oxygens (including phenoxy) is 4. The van der Waals surface area contributed by atoms with Gasteiger partial charge in [-0.05, 0) is 41.5 Å². The number of hydrogen-bond acceptors (Lipinski definition) is 8. The fourth-order valence-corrected chi connectivity index (χ4v) is 4.58. The molecule has 0 aliphatic heterocycles. The van der Waals surface area contributed by atoms with Gasteiger partial charge in [0.2, 0.25) is 10.0 Å². The average Bonchev–Trinajstić information content (AvgIpc) is 2.80. The zero-order chi connectivity index (χ0) is 25.5. The largest absolute Gasteiger partial charge is 0.493 e. The van der Waals surface area contributed by atoms with Crippen molar-refractivity contribution < 1.29 is 47.2 Å². The maximum Gasteiger partial charge on any atom is 0.328 e. The Morgan fingerprint density at radius 2 is 1.59 bits per heavy atom. The van der Waals surface area contributed by atoms with Gasteiger partial charge in [0.1, 0.15) is 4.90 Å². The van der Waals surface area contributed by atoms with E-state index >= 15 is 0 Å². The van der Waals surface area contributed by atoms with Crippen LogP contribution in [0.25, 0.3) is 6.08 Å². The molecule has 0 aliphatic carbocycles. The predicted octanol–water partition coefficient (Wildman–Crippen LogP) is 2.31. The molecule has 12 heteroatoms. The highest BCUT2D eigenvalue weighted by Crippen LogP contribution is 2.37. The van der Waals surface area contributed by atoms with E-state index in [0.717, 1.165) is 6.08 Å². The van der Waals surface area contributed by atoms with Gasteiger partial charge in [-0.1, -0.05) is 6.07 Å². The van der Waals surface area contributed by atoms with Gasteiger partial charge in [0, 0.05) is 6.08 Å². The normalized spacial score (nSPS) is 12.2. The number of carboxylic acids is 2. The minimum Gasteiger partial charge on any atom is -0.493 e. The van der Waals surface area contributed by atoms with Gasteiger partial charge < -0.3 is 29.2 Å². The summed E-state index contributed by atoms with van der Waals surface area (Å²) in [5.41, 5.74) is 0.526. The lowest BCUT2D eigenvalue weighted by Crippen LogP contribution is -2.30. The standard InChI is InChI=1S/C22H25NO10S/c1-30-16-7-6-14(11-17(16)31-2)15(12-21(26)27)23-34(28,29)19-10-13(5-8-20(24)25)9-18(32-3)22(19)33-4/h5-11,15,23H,12H2,1-4H3,(H,24,25)(H,26,27)/b8-5+. The molecule has 2 aromatic rings. The number of aliphatic carboxylic acids is 2. The molecular formula is C22H25NO10S. The van der Waals surface area contributed by atoms with E-state index < -0.39 is 34.4 Å². The van der Waals surface area contributed by atoms with Crippen molar-refractivity contribution in [1.82, 2.24) is 4.72 Å². The third kappa shape index (κ3) is 6.39. The highest BCUT2D eigenvalue weighted by atomic mass is 32.2. The Hall–Kier alpha value is -3.77. The molecule has 184 valence electrons. The van der Waals surface area contributed by atoms with E-state index in [1.165, 1.54) is 64.8 Å². The third-order valence-electron chi connectivity index (χ3n) is 4.66. The molecule has 0 saturated heterocycles. The molecule has 0 heterocycles. The van der Waals surface area contributed by atoms with Crippen LogP contribution in [0.3, 0.4) is 0 Å². The second-order valence-electron chi connectivity index (χ2n) is 6.81. The van der Waals surface area contributed by atoms with E-state index in [1.54, 1.807) is 0 Å². The number of rotatable bonds is 12. The molecule has 0 bridgehead atoms. The third-order valence-corrected chi connectivity index (χ3v) is 6.14. The van der Waals surface area contributed by atoms with E-state index in [1.807, 2.05) is 0 Å². The molecule has 2 rings (SSSR count). The van der Waals surface area contributed by atoms with Crippen molar-refractivity contribution in [3.8, 4) is 23.0 Å². The van der Waals surface area contributed by atoms with Crippen LogP contribution in [0, 0.1) is 0 Å². The smallest absolute Gasteiger partial charge is 0.328 e. The van der Waals surface area contributed by atoms with Crippen LogP contribution in [-0.2, 0) is 19.6 Å². The monoisotopic (exact) mass is 495 g/mol. The van der Waals surface area contributed by atoms with E-state index in [4.69, 9.17) is 24.1 Å². The molecule has 2 aromatic carbocycles. The lowest BCUT2D eigenvalue weighted by atomic mass is 10.0. The van der Waals surface area contributed by atoms with Crippen LogP contribution < -0.4 is 23.7 Å². The Labute approximate surface area is 196 Å². The number of carbonyl (C=O) groups is 2. The van der Waals surface area contributed by atoms with Crippen LogP contribution in [0.2, 0.25) is 0 Å². The molecule has 0 aliphatic rings. The second-order valence-corrected chi connectivity index (χ2v) is 8.49. The van der Waals surface area contributed by atoms with Crippen molar-refractivity contribution in [3.63, 3.8) is 0 Å². The van der Waals surface area contributed by atoms with Crippen molar-refractivity contribution in [2.45, 2.75) is 17.4 Å². The van der Waals surface area contributed by atoms with Crippen molar-refractivity contribution in [3.05, 3.63) is 47.5 Å². The lowest BCUT2D eigenvalue weighted by molar-refractivity contribution is -0.137. The van der Waals surface area contributed by atoms with Gasteiger partial charge >= 0.3 is 11.9 Å². The molecule has 0 spiro atoms. The SMILES string of the molecule is COc1ccc(C(CC(=O)O)NS(=O)(=O)c2cc(/C=C/C(=O)O)cc(OC)c2OC)cc1OC. The van der Waals surface area contributed by atoms with E-state index in [2.05, 4.69) is 4.72 Å². The maximum absolute atomic E-state index is 13.4. The van der Waals surface area contributed by atoms with Gasteiger partial charge in [0.15, 0.2) is 23.0 Å². The summed E-state index contributed by atoms with van der Waals surface area (Å²) in [6.07, 6.45) is 1.45. The zero-order valence-electron chi connectivity index (χ0n) is 18.9. The molecule has 1 unspecified atom stereocenters. The quantitative estimate of drug-likeness (QED) is 0.373. The highest BCUT2D eigenvalue weighted by molar-refractivity contribution is 7.89. The Kier molecular flexibility index (Phi) is 8.87. The molecule has 1 atom stereocenters. The van der Waals surface area contributed by atoms with Gasteiger partial charge in [-0.3, -0.25) is 4.79 Å². The van der Waals surface area contributed by atoms with Gasteiger partial charge in [-0.2, -0.15) is 0 Å². The predicted molar refractivity (Wildman–Crippen MR) is 121 cm³/mol. The van der Waals surface area contributed by atoms with Crippen LogP contribution in [0.4, 0.5) is 0 Å². The fourth-order valence-electron chi connectivity index (χ4n) is 3.14. The zero-order valence-corrected chi connectivity index (χ0v) is 19.7. The lowest BCUT2D eigenvalue weighted by Gasteiger charge is -2.21. The summed E-state index contributed by atoms with van der Waals surface area (Å²) in [7, 11) is 0.966. The first kappa shape index (κ1) is 26.5. The van der Waals surface area contributed by atoms with Crippen LogP contribution in [-0.4, -0.2) is 59.0 Å². The van der Waals surface area contributed by atoms with Crippen LogP contribution in [0.5, 0.6) is 23.0 Å². The first-order chi connectivity index (χ1) is 16.1. The van der Waals surface area contributed by atoms with Crippen molar-refractivity contribution in [2.75, 3.05) is 28.4 Å². The molecule has 0 fully saturated rings. The average molecular weight is 496 g/mol. The van der Waals surface area contributed by atoms with Crippen molar-refractivity contribution >= 4 is 28.0 Å². The van der Waals surface area contributed by atoms with Crippen LogP contribution >= 0.6 is 0 Å². The molecular weight excluding hydrogens is 470 g/mol. The minimum absolute atomic E-state index is 0.0383. The van der Waals surface area contributed by atoms with Crippen molar-refractivity contribution in [1.29, 1.82) is 0 Å². The molecule has 3 N–H and O–H groups in total. The molecule has 34 heavy (non-hydrogen) atoms. The maximum atomic E-state index is 13.4. The molecule has 0 aromatic heterocycles. The van der Waals surface area contributed by atoms with Gasteiger partial charge in [-0.25, -0.2) is 17.9 Å². The topological polar surface area (TPSA) is 158 Å². The molecule has 11 nitrogen and oxygen atoms in total. The Balaban J connectivity index is 2.61. The minimum atomic E-state index is -4.40. The van der Waals surface area contributed by atoms with Gasteiger partial charge in [-0.15, -0.1) is 0 Å². The summed E-state index contributed by atoms with van der Waals surface area (Å²) in [5, 5.41) is 18.3. The molecule has 0 saturated carbocycles. The number of sulfonamides is 1. The van der Waals surface area contributed by atoms with Gasteiger partial charge in [0.25, 0.3) is 0 Å². The summed E-state index contributed by atoms with van der Waals surface area (Å²) >= 11 is 0. The van der Waals surface area contributed by atoms with E-state index in [9.17, 15) is 23.1 Å². The number of nitrogens with one attached hydrogen (secondary N) is 1. The summed E-state index contributed by atoms with van der Waals surface area (Å²) in [6, 6.07) is 5.92. The summed E-state index contributed by atoms with van der Waals surface area (Å²) < 4.78 is 50.0. The molecule has 0 amide bonds. The first-order valence-electron chi connectivity index (χ1n) is 9.69. The van der Waals surface area contributed by atoms with Crippen LogP contribution in [0.1, 0.15) is 23.6 Å². The second kappa shape index (κ2) is 11.4. The first-order valence-corrected chi connectivity index (χ1v) is 11.2. The number of hydrogen-bond donors (Lipinski definition) is 3. The highest BCUT2D eigenvalue weighted by Gasteiger charge is 2.29. The molecule has 0 radical (unpaired) electrons. The fraction of sp³-hybridized carbons (Fsp3) is 0.273.